The number of hydrogen-bond acceptors (Lipinski definition) is 4. The highest BCUT2D eigenvalue weighted by Gasteiger charge is 2.45. The maximum atomic E-state index is 11.2. The van der Waals surface area contributed by atoms with Crippen molar-refractivity contribution in [1.82, 2.24) is 0 Å². The molecule has 0 heterocycles. The molecule has 0 fully saturated rings. The zero-order valence-electron chi connectivity index (χ0n) is 7.09. The molecule has 0 saturated carbocycles. The maximum Gasteiger partial charge on any atom is 0.334 e. The largest absolute Gasteiger partial charge is 0.467 e. The van der Waals surface area contributed by atoms with Gasteiger partial charge in [0.1, 0.15) is 0 Å². The van der Waals surface area contributed by atoms with Gasteiger partial charge in [0.05, 0.1) is 7.11 Å². The Morgan fingerprint density at radius 1 is 1.75 bits per heavy atom. The Bertz CT molecular complexity index is 269. The highest BCUT2D eigenvalue weighted by atomic mass is 16.5. The molecule has 4 heteroatoms. The van der Waals surface area contributed by atoms with Gasteiger partial charge in [0.2, 0.25) is 0 Å². The van der Waals surface area contributed by atoms with Gasteiger partial charge < -0.3 is 10.5 Å². The third kappa shape index (κ3) is 1.14. The Hall–Kier alpha value is -1.16. The summed E-state index contributed by atoms with van der Waals surface area (Å²) in [6, 6.07) is 0. The second-order valence-corrected chi connectivity index (χ2v) is 2.99. The summed E-state index contributed by atoms with van der Waals surface area (Å²) in [5.74, 6) is -1.03. The van der Waals surface area contributed by atoms with Crippen LogP contribution in [-0.2, 0) is 14.3 Å². The van der Waals surface area contributed by atoms with E-state index >= 15 is 0 Å². The van der Waals surface area contributed by atoms with E-state index in [4.69, 9.17) is 5.73 Å². The molecule has 0 aromatic heterocycles. The van der Waals surface area contributed by atoms with E-state index < -0.39 is 11.5 Å². The molecule has 0 aliphatic heterocycles. The van der Waals surface area contributed by atoms with Crippen LogP contribution in [0.1, 0.15) is 13.3 Å². The van der Waals surface area contributed by atoms with E-state index in [1.807, 2.05) is 0 Å². The Balaban J connectivity index is 2.90. The van der Waals surface area contributed by atoms with Crippen molar-refractivity contribution in [3.8, 4) is 0 Å². The summed E-state index contributed by atoms with van der Waals surface area (Å²) in [5, 5.41) is 0. The van der Waals surface area contributed by atoms with Crippen molar-refractivity contribution >= 4 is 11.8 Å². The third-order valence-electron chi connectivity index (χ3n) is 1.92. The zero-order valence-corrected chi connectivity index (χ0v) is 7.09. The van der Waals surface area contributed by atoms with Crippen LogP contribution >= 0.6 is 0 Å². The van der Waals surface area contributed by atoms with Gasteiger partial charge in [-0.25, -0.2) is 4.79 Å². The fourth-order valence-electron chi connectivity index (χ4n) is 1.29. The standard InChI is InChI=1S/C8H11NO3/c1-5-3-6(10)8(9,4-5)7(11)12-2/h3H,4,9H2,1-2H3/t8-/m0/s1. The Morgan fingerprint density at radius 2 is 2.33 bits per heavy atom. The predicted octanol–water partition coefficient (Wildman–Crippen LogP) is -0.224. The molecule has 2 N–H and O–H groups in total. The lowest BCUT2D eigenvalue weighted by Gasteiger charge is -2.18. The van der Waals surface area contributed by atoms with Crippen molar-refractivity contribution in [2.24, 2.45) is 5.73 Å². The molecule has 0 spiro atoms. The van der Waals surface area contributed by atoms with Crippen molar-refractivity contribution < 1.29 is 14.3 Å². The molecule has 0 amide bonds. The molecule has 66 valence electrons. The van der Waals surface area contributed by atoms with E-state index in [2.05, 4.69) is 4.74 Å². The summed E-state index contributed by atoms with van der Waals surface area (Å²) >= 11 is 0. The summed E-state index contributed by atoms with van der Waals surface area (Å²) in [5.41, 5.74) is 4.92. The van der Waals surface area contributed by atoms with E-state index in [-0.39, 0.29) is 12.2 Å². The summed E-state index contributed by atoms with van der Waals surface area (Å²) in [6.45, 7) is 1.76. The summed E-state index contributed by atoms with van der Waals surface area (Å²) in [4.78, 5) is 22.3. The minimum absolute atomic E-state index is 0.262. The molecule has 1 rings (SSSR count). The third-order valence-corrected chi connectivity index (χ3v) is 1.92. The van der Waals surface area contributed by atoms with Crippen molar-refractivity contribution in [2.45, 2.75) is 18.9 Å². The molecule has 0 aromatic carbocycles. The fourth-order valence-corrected chi connectivity index (χ4v) is 1.29. The number of carbonyl (C=O) groups excluding carboxylic acids is 2. The molecular weight excluding hydrogens is 158 g/mol. The van der Waals surface area contributed by atoms with E-state index in [9.17, 15) is 9.59 Å². The number of nitrogens with two attached hydrogens (primary N) is 1. The lowest BCUT2D eigenvalue weighted by Crippen LogP contribution is -2.52. The van der Waals surface area contributed by atoms with Gasteiger partial charge in [0.15, 0.2) is 11.3 Å². The topological polar surface area (TPSA) is 69.4 Å². The first-order valence-electron chi connectivity index (χ1n) is 3.59. The fraction of sp³-hybridized carbons (Fsp3) is 0.500. The molecule has 4 nitrogen and oxygen atoms in total. The Kier molecular flexibility index (Phi) is 2.02. The van der Waals surface area contributed by atoms with Crippen molar-refractivity contribution in [3.05, 3.63) is 11.6 Å². The molecule has 0 bridgehead atoms. The van der Waals surface area contributed by atoms with Gasteiger partial charge in [-0.15, -0.1) is 0 Å². The van der Waals surface area contributed by atoms with Gasteiger partial charge in [0, 0.05) is 6.42 Å². The minimum Gasteiger partial charge on any atom is -0.467 e. The van der Waals surface area contributed by atoms with Gasteiger partial charge in [0.25, 0.3) is 0 Å². The van der Waals surface area contributed by atoms with E-state index in [0.717, 1.165) is 5.57 Å². The van der Waals surface area contributed by atoms with Crippen LogP contribution in [0.2, 0.25) is 0 Å². The van der Waals surface area contributed by atoms with Crippen molar-refractivity contribution in [2.75, 3.05) is 7.11 Å². The van der Waals surface area contributed by atoms with Crippen LogP contribution < -0.4 is 5.73 Å². The monoisotopic (exact) mass is 169 g/mol. The quantitative estimate of drug-likeness (QED) is 0.435. The molecular formula is C8H11NO3. The number of esters is 1. The number of carbonyl (C=O) groups is 2. The van der Waals surface area contributed by atoms with E-state index in [1.54, 1.807) is 6.92 Å². The first kappa shape index (κ1) is 8.93. The van der Waals surface area contributed by atoms with Crippen LogP contribution in [0.15, 0.2) is 11.6 Å². The molecule has 0 unspecified atom stereocenters. The number of rotatable bonds is 1. The van der Waals surface area contributed by atoms with Crippen LogP contribution in [-0.4, -0.2) is 24.4 Å². The van der Waals surface area contributed by atoms with Crippen LogP contribution in [0.4, 0.5) is 0 Å². The van der Waals surface area contributed by atoms with Crippen LogP contribution in [0.5, 0.6) is 0 Å². The Labute approximate surface area is 70.4 Å². The summed E-state index contributed by atoms with van der Waals surface area (Å²) in [6.07, 6.45) is 1.65. The summed E-state index contributed by atoms with van der Waals surface area (Å²) in [7, 11) is 1.22. The highest BCUT2D eigenvalue weighted by molar-refractivity contribution is 6.15. The van der Waals surface area contributed by atoms with Crippen LogP contribution in [0.3, 0.4) is 0 Å². The van der Waals surface area contributed by atoms with Gasteiger partial charge >= 0.3 is 5.97 Å². The summed E-state index contributed by atoms with van der Waals surface area (Å²) < 4.78 is 4.44. The molecule has 0 radical (unpaired) electrons. The first-order valence-corrected chi connectivity index (χ1v) is 3.59. The lowest BCUT2D eigenvalue weighted by atomic mass is 9.96. The lowest BCUT2D eigenvalue weighted by molar-refractivity contribution is -0.149. The van der Waals surface area contributed by atoms with E-state index in [1.165, 1.54) is 13.2 Å². The first-order chi connectivity index (χ1) is 5.50. The maximum absolute atomic E-state index is 11.2. The average molecular weight is 169 g/mol. The zero-order chi connectivity index (χ0) is 9.35. The smallest absolute Gasteiger partial charge is 0.334 e. The molecule has 0 saturated heterocycles. The van der Waals surface area contributed by atoms with Crippen LogP contribution in [0.25, 0.3) is 0 Å². The predicted molar refractivity (Wildman–Crippen MR) is 42.3 cm³/mol. The van der Waals surface area contributed by atoms with Gasteiger partial charge in [-0.05, 0) is 13.0 Å². The molecule has 1 atom stereocenters. The van der Waals surface area contributed by atoms with Gasteiger partial charge in [-0.3, -0.25) is 4.79 Å². The average Bonchev–Trinajstić information content (AvgIpc) is 2.26. The molecule has 1 aliphatic carbocycles. The van der Waals surface area contributed by atoms with Gasteiger partial charge in [-0.2, -0.15) is 0 Å². The normalized spacial score (nSPS) is 28.6. The van der Waals surface area contributed by atoms with Gasteiger partial charge in [-0.1, -0.05) is 5.57 Å². The second kappa shape index (κ2) is 2.71. The molecule has 1 aliphatic rings. The highest BCUT2D eigenvalue weighted by Crippen LogP contribution is 2.24. The number of ether oxygens (including phenoxy) is 1. The van der Waals surface area contributed by atoms with Crippen molar-refractivity contribution in [3.63, 3.8) is 0 Å². The van der Waals surface area contributed by atoms with Crippen LogP contribution in [0, 0.1) is 0 Å². The molecule has 0 aromatic rings. The number of hydrogen-bond donors (Lipinski definition) is 1. The SMILES string of the molecule is COC(=O)[C@]1(N)CC(C)=CC1=O. The second-order valence-electron chi connectivity index (χ2n) is 2.99. The number of methoxy groups -OCH3 is 1. The minimum atomic E-state index is -1.46. The Morgan fingerprint density at radius 3 is 2.67 bits per heavy atom. The number of ketones is 1. The van der Waals surface area contributed by atoms with Crippen molar-refractivity contribution in [1.29, 1.82) is 0 Å². The molecule has 12 heavy (non-hydrogen) atoms. The van der Waals surface area contributed by atoms with E-state index in [0.29, 0.717) is 0 Å².